The molecule has 2 nitrogen and oxygen atoms in total. The van der Waals surface area contributed by atoms with Crippen LogP contribution in [0.5, 0.6) is 0 Å². The number of benzene rings is 2. The lowest BCUT2D eigenvalue weighted by Crippen LogP contribution is -2.12. The number of nitriles is 1. The summed E-state index contributed by atoms with van der Waals surface area (Å²) < 4.78 is 27.3. The van der Waals surface area contributed by atoms with Crippen molar-refractivity contribution in [2.45, 2.75) is 13.0 Å². The van der Waals surface area contributed by atoms with Crippen LogP contribution in [0.2, 0.25) is 0 Å². The van der Waals surface area contributed by atoms with Gasteiger partial charge in [-0.1, -0.05) is 18.2 Å². The van der Waals surface area contributed by atoms with Crippen LogP contribution >= 0.6 is 0 Å². The Hall–Kier alpha value is -2.41. The molecule has 19 heavy (non-hydrogen) atoms. The fourth-order valence-electron chi connectivity index (χ4n) is 1.86. The third-order valence-corrected chi connectivity index (χ3v) is 2.75. The van der Waals surface area contributed by atoms with E-state index in [-0.39, 0.29) is 5.56 Å². The van der Waals surface area contributed by atoms with Crippen molar-refractivity contribution in [3.63, 3.8) is 0 Å². The Morgan fingerprint density at radius 1 is 1.11 bits per heavy atom. The largest absolute Gasteiger partial charge is 0.366 e. The Labute approximate surface area is 110 Å². The van der Waals surface area contributed by atoms with Crippen LogP contribution in [-0.4, -0.2) is 0 Å². The zero-order chi connectivity index (χ0) is 13.8. The van der Waals surface area contributed by atoms with Gasteiger partial charge in [0.2, 0.25) is 0 Å². The second-order valence-corrected chi connectivity index (χ2v) is 4.21. The molecular formula is C15H12F2N2. The Kier molecular flexibility index (Phi) is 3.76. The van der Waals surface area contributed by atoms with Crippen LogP contribution in [0.4, 0.5) is 14.5 Å². The van der Waals surface area contributed by atoms with Crippen LogP contribution in [0.1, 0.15) is 17.2 Å². The molecule has 4 heteroatoms. The minimum Gasteiger partial charge on any atom is -0.366 e. The summed E-state index contributed by atoms with van der Waals surface area (Å²) >= 11 is 0. The second-order valence-electron chi connectivity index (χ2n) is 4.21. The Morgan fingerprint density at radius 2 is 1.74 bits per heavy atom. The zero-order valence-electron chi connectivity index (χ0n) is 10.3. The predicted molar refractivity (Wildman–Crippen MR) is 69.5 cm³/mol. The molecule has 1 atom stereocenters. The first-order valence-electron chi connectivity index (χ1n) is 5.78. The van der Waals surface area contributed by atoms with Crippen molar-refractivity contribution in [2.24, 2.45) is 0 Å². The topological polar surface area (TPSA) is 35.8 Å². The van der Waals surface area contributed by atoms with Crippen LogP contribution in [0, 0.1) is 29.9 Å². The molecule has 0 saturated heterocycles. The fourth-order valence-corrected chi connectivity index (χ4v) is 1.86. The van der Waals surface area contributed by atoms with E-state index >= 15 is 0 Å². The molecule has 2 rings (SSSR count). The van der Waals surface area contributed by atoms with E-state index in [4.69, 9.17) is 5.26 Å². The first-order chi connectivity index (χ1) is 9.11. The van der Waals surface area contributed by atoms with Crippen molar-refractivity contribution in [1.29, 1.82) is 5.26 Å². The van der Waals surface area contributed by atoms with Gasteiger partial charge in [-0.2, -0.15) is 5.26 Å². The molecule has 0 saturated carbocycles. The maximum Gasteiger partial charge on any atom is 0.145 e. The summed E-state index contributed by atoms with van der Waals surface area (Å²) in [7, 11) is 0. The van der Waals surface area contributed by atoms with Crippen LogP contribution in [-0.2, 0) is 0 Å². The average Bonchev–Trinajstić information content (AvgIpc) is 2.37. The van der Waals surface area contributed by atoms with E-state index in [1.54, 1.807) is 6.07 Å². The highest BCUT2D eigenvalue weighted by Crippen LogP contribution is 2.24. The molecule has 0 radical (unpaired) electrons. The highest BCUT2D eigenvalue weighted by molar-refractivity contribution is 5.49. The number of halogens is 2. The SMILES string of the molecule is Cc1cccc(NC(C#N)c2c(F)cccc2F)c1. The first-order valence-corrected chi connectivity index (χ1v) is 5.78. The summed E-state index contributed by atoms with van der Waals surface area (Å²) in [6.07, 6.45) is 0. The lowest BCUT2D eigenvalue weighted by atomic mass is 10.1. The van der Waals surface area contributed by atoms with E-state index in [1.165, 1.54) is 6.07 Å². The third-order valence-electron chi connectivity index (χ3n) is 2.75. The molecule has 0 aliphatic carbocycles. The van der Waals surface area contributed by atoms with Crippen molar-refractivity contribution < 1.29 is 8.78 Å². The summed E-state index contributed by atoms with van der Waals surface area (Å²) in [6, 6.07) is 11.6. The minimum atomic E-state index is -1.07. The molecule has 1 N–H and O–H groups in total. The second kappa shape index (κ2) is 5.49. The quantitative estimate of drug-likeness (QED) is 0.904. The average molecular weight is 258 g/mol. The van der Waals surface area contributed by atoms with Crippen molar-refractivity contribution in [3.05, 3.63) is 65.2 Å². The number of nitrogens with zero attached hydrogens (tertiary/aromatic N) is 1. The van der Waals surface area contributed by atoms with Gasteiger partial charge in [0, 0.05) is 5.69 Å². The van der Waals surface area contributed by atoms with Crippen LogP contribution < -0.4 is 5.32 Å². The number of nitrogens with one attached hydrogen (secondary N) is 1. The highest BCUT2D eigenvalue weighted by Gasteiger charge is 2.19. The standard InChI is InChI=1S/C15H12F2N2/c1-10-4-2-5-11(8-10)19-14(9-18)15-12(16)6-3-7-13(15)17/h2-8,14,19H,1H3. The molecule has 0 heterocycles. The fraction of sp³-hybridized carbons (Fsp3) is 0.133. The summed E-state index contributed by atoms with van der Waals surface area (Å²) in [5, 5.41) is 11.9. The van der Waals surface area contributed by atoms with Gasteiger partial charge in [0.15, 0.2) is 0 Å². The number of anilines is 1. The van der Waals surface area contributed by atoms with Gasteiger partial charge in [0.25, 0.3) is 0 Å². The molecule has 0 amide bonds. The Morgan fingerprint density at radius 3 is 2.32 bits per heavy atom. The van der Waals surface area contributed by atoms with Crippen molar-refractivity contribution in [1.82, 2.24) is 0 Å². The molecule has 0 fully saturated rings. The van der Waals surface area contributed by atoms with Crippen LogP contribution in [0.15, 0.2) is 42.5 Å². The predicted octanol–water partition coefficient (Wildman–Crippen LogP) is 3.95. The lowest BCUT2D eigenvalue weighted by molar-refractivity contribution is 0.552. The Bertz CT molecular complexity index is 612. The normalized spacial score (nSPS) is 11.7. The minimum absolute atomic E-state index is 0.258. The number of aryl methyl sites for hydroxylation is 1. The van der Waals surface area contributed by atoms with Crippen LogP contribution in [0.25, 0.3) is 0 Å². The maximum absolute atomic E-state index is 13.6. The van der Waals surface area contributed by atoms with Gasteiger partial charge in [0.05, 0.1) is 11.6 Å². The van der Waals surface area contributed by atoms with Gasteiger partial charge in [-0.3, -0.25) is 0 Å². The monoisotopic (exact) mass is 258 g/mol. The molecule has 1 unspecified atom stereocenters. The van der Waals surface area contributed by atoms with Crippen molar-refractivity contribution in [2.75, 3.05) is 5.32 Å². The Balaban J connectivity index is 2.34. The molecule has 0 bridgehead atoms. The first kappa shape index (κ1) is 13.0. The molecule has 0 spiro atoms. The summed E-state index contributed by atoms with van der Waals surface area (Å²) in [6.45, 7) is 1.90. The summed E-state index contributed by atoms with van der Waals surface area (Å²) in [5.41, 5.74) is 1.39. The number of hydrogen-bond donors (Lipinski definition) is 1. The van der Waals surface area contributed by atoms with Gasteiger partial charge in [-0.05, 0) is 36.8 Å². The lowest BCUT2D eigenvalue weighted by Gasteiger charge is -2.15. The molecule has 0 aromatic heterocycles. The summed E-state index contributed by atoms with van der Waals surface area (Å²) in [5.74, 6) is -1.46. The van der Waals surface area contributed by atoms with E-state index in [2.05, 4.69) is 5.32 Å². The zero-order valence-corrected chi connectivity index (χ0v) is 10.3. The molecule has 0 aliphatic rings. The summed E-state index contributed by atoms with van der Waals surface area (Å²) in [4.78, 5) is 0. The molecule has 2 aromatic carbocycles. The van der Waals surface area contributed by atoms with Crippen LogP contribution in [0.3, 0.4) is 0 Å². The smallest absolute Gasteiger partial charge is 0.145 e. The molecular weight excluding hydrogens is 246 g/mol. The van der Waals surface area contributed by atoms with Crippen molar-refractivity contribution in [3.8, 4) is 6.07 Å². The number of rotatable bonds is 3. The van der Waals surface area contributed by atoms with E-state index in [1.807, 2.05) is 31.2 Å². The van der Waals surface area contributed by atoms with E-state index in [9.17, 15) is 8.78 Å². The maximum atomic E-state index is 13.6. The van der Waals surface area contributed by atoms with Gasteiger partial charge in [0.1, 0.15) is 17.7 Å². The third kappa shape index (κ3) is 2.89. The molecule has 96 valence electrons. The highest BCUT2D eigenvalue weighted by atomic mass is 19.1. The van der Waals surface area contributed by atoms with E-state index < -0.39 is 17.7 Å². The van der Waals surface area contributed by atoms with Crippen molar-refractivity contribution >= 4 is 5.69 Å². The number of hydrogen-bond acceptors (Lipinski definition) is 2. The van der Waals surface area contributed by atoms with Gasteiger partial charge in [-0.15, -0.1) is 0 Å². The van der Waals surface area contributed by atoms with Gasteiger partial charge >= 0.3 is 0 Å². The van der Waals surface area contributed by atoms with E-state index in [0.29, 0.717) is 5.69 Å². The van der Waals surface area contributed by atoms with Gasteiger partial charge < -0.3 is 5.32 Å². The molecule has 0 aliphatic heterocycles. The molecule has 2 aromatic rings. The van der Waals surface area contributed by atoms with Gasteiger partial charge in [-0.25, -0.2) is 8.78 Å². The van der Waals surface area contributed by atoms with E-state index in [0.717, 1.165) is 17.7 Å².